The van der Waals surface area contributed by atoms with Crippen molar-refractivity contribution >= 4 is 0 Å². The molecule has 21 heavy (non-hydrogen) atoms. The minimum Gasteiger partial charge on any atom is -0.309 e. The molecule has 0 bridgehead atoms. The molecule has 0 heterocycles. The number of rotatable bonds is 4. The Morgan fingerprint density at radius 2 is 1.48 bits per heavy atom. The molecule has 0 aliphatic rings. The van der Waals surface area contributed by atoms with Gasteiger partial charge in [-0.25, -0.2) is 4.39 Å². The van der Waals surface area contributed by atoms with Gasteiger partial charge in [0.25, 0.3) is 0 Å². The third kappa shape index (κ3) is 4.29. The molecule has 0 aliphatic carbocycles. The van der Waals surface area contributed by atoms with Crippen LogP contribution in [0.4, 0.5) is 17.6 Å². The Balaban J connectivity index is 1.90. The van der Waals surface area contributed by atoms with E-state index < -0.39 is 11.7 Å². The van der Waals surface area contributed by atoms with Gasteiger partial charge >= 0.3 is 6.18 Å². The summed E-state index contributed by atoms with van der Waals surface area (Å²) in [7, 11) is 0. The molecule has 0 atom stereocenters. The Kier molecular flexibility index (Phi) is 4.63. The summed E-state index contributed by atoms with van der Waals surface area (Å²) in [6.45, 7) is 2.57. The Morgan fingerprint density at radius 3 is 2.05 bits per heavy atom. The van der Waals surface area contributed by atoms with E-state index in [1.54, 1.807) is 13.0 Å². The Labute approximate surface area is 120 Å². The smallest absolute Gasteiger partial charge is 0.309 e. The molecule has 0 radical (unpaired) electrons. The number of halogens is 4. The number of nitrogens with one attached hydrogen (secondary N) is 1. The van der Waals surface area contributed by atoms with Crippen LogP contribution in [0.5, 0.6) is 0 Å². The van der Waals surface area contributed by atoms with Crippen LogP contribution in [0.1, 0.15) is 22.3 Å². The van der Waals surface area contributed by atoms with E-state index in [4.69, 9.17) is 0 Å². The van der Waals surface area contributed by atoms with Crippen LogP contribution < -0.4 is 5.32 Å². The molecule has 112 valence electrons. The highest BCUT2D eigenvalue weighted by molar-refractivity contribution is 5.25. The quantitative estimate of drug-likeness (QED) is 0.823. The number of aryl methyl sites for hydroxylation is 1. The van der Waals surface area contributed by atoms with E-state index in [1.807, 2.05) is 6.07 Å². The maximum atomic E-state index is 13.4. The summed E-state index contributed by atoms with van der Waals surface area (Å²) >= 11 is 0. The maximum absolute atomic E-state index is 13.4. The number of benzene rings is 2. The molecule has 0 fully saturated rings. The van der Waals surface area contributed by atoms with Crippen molar-refractivity contribution in [3.05, 3.63) is 70.5 Å². The van der Waals surface area contributed by atoms with E-state index in [0.29, 0.717) is 18.7 Å². The van der Waals surface area contributed by atoms with E-state index in [0.717, 1.165) is 23.3 Å². The molecular weight excluding hydrogens is 282 g/mol. The summed E-state index contributed by atoms with van der Waals surface area (Å²) in [5, 5.41) is 3.07. The molecule has 1 nitrogen and oxygen atoms in total. The maximum Gasteiger partial charge on any atom is 0.416 e. The van der Waals surface area contributed by atoms with Gasteiger partial charge in [-0.1, -0.05) is 24.3 Å². The van der Waals surface area contributed by atoms with E-state index in [9.17, 15) is 17.6 Å². The average Bonchev–Trinajstić information content (AvgIpc) is 2.42. The van der Waals surface area contributed by atoms with Gasteiger partial charge in [-0.15, -0.1) is 0 Å². The Hall–Kier alpha value is -1.88. The second-order valence-corrected chi connectivity index (χ2v) is 4.88. The lowest BCUT2D eigenvalue weighted by molar-refractivity contribution is -0.137. The molecule has 0 unspecified atom stereocenters. The monoisotopic (exact) mass is 297 g/mol. The first kappa shape index (κ1) is 15.5. The second-order valence-electron chi connectivity index (χ2n) is 4.88. The van der Waals surface area contributed by atoms with Gasteiger partial charge in [0.05, 0.1) is 5.56 Å². The molecule has 0 spiro atoms. The third-order valence-electron chi connectivity index (χ3n) is 3.18. The zero-order chi connectivity index (χ0) is 15.5. The lowest BCUT2D eigenvalue weighted by Crippen LogP contribution is -2.13. The largest absolute Gasteiger partial charge is 0.416 e. The molecule has 2 aromatic carbocycles. The van der Waals surface area contributed by atoms with E-state index in [1.165, 1.54) is 18.2 Å². The predicted octanol–water partition coefficient (Wildman–Crippen LogP) is 4.44. The molecule has 0 saturated heterocycles. The second kappa shape index (κ2) is 6.26. The first-order valence-corrected chi connectivity index (χ1v) is 6.48. The predicted molar refractivity (Wildman–Crippen MR) is 73.1 cm³/mol. The molecule has 0 aromatic heterocycles. The summed E-state index contributed by atoms with van der Waals surface area (Å²) in [4.78, 5) is 0. The van der Waals surface area contributed by atoms with Gasteiger partial charge in [-0.2, -0.15) is 13.2 Å². The van der Waals surface area contributed by atoms with Crippen molar-refractivity contribution in [1.82, 2.24) is 5.32 Å². The van der Waals surface area contributed by atoms with Crippen molar-refractivity contribution in [3.8, 4) is 0 Å². The van der Waals surface area contributed by atoms with Crippen LogP contribution >= 0.6 is 0 Å². The van der Waals surface area contributed by atoms with E-state index in [2.05, 4.69) is 5.32 Å². The lowest BCUT2D eigenvalue weighted by Gasteiger charge is -2.09. The molecule has 1 N–H and O–H groups in total. The van der Waals surface area contributed by atoms with Crippen molar-refractivity contribution in [2.75, 3.05) is 0 Å². The topological polar surface area (TPSA) is 12.0 Å². The van der Waals surface area contributed by atoms with Gasteiger partial charge in [0.2, 0.25) is 0 Å². The average molecular weight is 297 g/mol. The first-order valence-electron chi connectivity index (χ1n) is 6.48. The van der Waals surface area contributed by atoms with E-state index >= 15 is 0 Å². The van der Waals surface area contributed by atoms with Crippen LogP contribution in [0.15, 0.2) is 42.5 Å². The summed E-state index contributed by atoms with van der Waals surface area (Å²) in [6.07, 6.45) is -4.31. The Bertz CT molecular complexity index is 603. The molecule has 0 amide bonds. The zero-order valence-corrected chi connectivity index (χ0v) is 11.5. The van der Waals surface area contributed by atoms with Crippen LogP contribution in [0.25, 0.3) is 0 Å². The zero-order valence-electron chi connectivity index (χ0n) is 11.5. The van der Waals surface area contributed by atoms with Crippen molar-refractivity contribution in [2.24, 2.45) is 0 Å². The summed E-state index contributed by atoms with van der Waals surface area (Å²) in [6, 6.07) is 9.96. The molecular formula is C16H15F4N. The summed E-state index contributed by atoms with van der Waals surface area (Å²) < 4.78 is 50.6. The summed E-state index contributed by atoms with van der Waals surface area (Å²) in [5.41, 5.74) is 1.47. The minimum absolute atomic E-state index is 0.260. The van der Waals surface area contributed by atoms with Crippen molar-refractivity contribution in [1.29, 1.82) is 0 Å². The molecule has 5 heteroatoms. The highest BCUT2D eigenvalue weighted by Gasteiger charge is 2.29. The fraction of sp³-hybridized carbons (Fsp3) is 0.250. The van der Waals surface area contributed by atoms with Crippen LogP contribution in [0.3, 0.4) is 0 Å². The van der Waals surface area contributed by atoms with Gasteiger partial charge in [-0.3, -0.25) is 0 Å². The molecule has 0 aliphatic heterocycles. The minimum atomic E-state index is -4.31. The van der Waals surface area contributed by atoms with Gasteiger partial charge in [0.1, 0.15) is 5.82 Å². The molecule has 0 saturated carbocycles. The highest BCUT2D eigenvalue weighted by atomic mass is 19.4. The van der Waals surface area contributed by atoms with Crippen LogP contribution in [-0.2, 0) is 19.3 Å². The van der Waals surface area contributed by atoms with Crippen molar-refractivity contribution in [2.45, 2.75) is 26.2 Å². The first-order chi connectivity index (χ1) is 9.86. The molecule has 2 aromatic rings. The van der Waals surface area contributed by atoms with E-state index in [-0.39, 0.29) is 5.82 Å². The van der Waals surface area contributed by atoms with Crippen molar-refractivity contribution in [3.63, 3.8) is 0 Å². The standard InChI is InChI=1S/C16H15F4N/c1-11-2-3-13(8-15(11)17)10-21-9-12-4-6-14(7-5-12)16(18,19)20/h2-8,21H,9-10H2,1H3. The van der Waals surface area contributed by atoms with Gasteiger partial charge in [0.15, 0.2) is 0 Å². The van der Waals surface area contributed by atoms with Gasteiger partial charge in [0, 0.05) is 13.1 Å². The Morgan fingerprint density at radius 1 is 0.905 bits per heavy atom. The number of hydrogen-bond donors (Lipinski definition) is 1. The normalized spacial score (nSPS) is 11.7. The fourth-order valence-electron chi connectivity index (χ4n) is 1.91. The van der Waals surface area contributed by atoms with Gasteiger partial charge < -0.3 is 5.32 Å². The lowest BCUT2D eigenvalue weighted by atomic mass is 10.1. The van der Waals surface area contributed by atoms with Gasteiger partial charge in [-0.05, 0) is 41.8 Å². The molecule has 2 rings (SSSR count). The SMILES string of the molecule is Cc1ccc(CNCc2ccc(C(F)(F)F)cc2)cc1F. The van der Waals surface area contributed by atoms with Crippen molar-refractivity contribution < 1.29 is 17.6 Å². The fourth-order valence-corrected chi connectivity index (χ4v) is 1.91. The third-order valence-corrected chi connectivity index (χ3v) is 3.18. The van der Waals surface area contributed by atoms with Crippen LogP contribution in [0, 0.1) is 12.7 Å². The van der Waals surface area contributed by atoms with Crippen LogP contribution in [-0.4, -0.2) is 0 Å². The highest BCUT2D eigenvalue weighted by Crippen LogP contribution is 2.29. The number of hydrogen-bond acceptors (Lipinski definition) is 1. The number of alkyl halides is 3. The summed E-state index contributed by atoms with van der Waals surface area (Å²) in [5.74, 6) is -0.260. The van der Waals surface area contributed by atoms with Crippen LogP contribution in [0.2, 0.25) is 0 Å².